The molecule has 0 aliphatic heterocycles. The predicted octanol–water partition coefficient (Wildman–Crippen LogP) is 1.51. The van der Waals surface area contributed by atoms with Gasteiger partial charge >= 0.3 is 0 Å². The Hall–Kier alpha value is -0.0800. The highest BCUT2D eigenvalue weighted by Crippen LogP contribution is 2.26. The van der Waals surface area contributed by atoms with E-state index < -0.39 is 0 Å². The van der Waals surface area contributed by atoms with Crippen LogP contribution in [0.2, 0.25) is 0 Å². The lowest BCUT2D eigenvalue weighted by Gasteiger charge is -2.40. The molecule has 1 fully saturated rings. The molecule has 0 N–H and O–H groups in total. The average Bonchev–Trinajstić information content (AvgIpc) is 1.86. The van der Waals surface area contributed by atoms with Crippen molar-refractivity contribution < 1.29 is 4.74 Å². The number of hydrogen-bond donors (Lipinski definition) is 0. The fourth-order valence-electron chi connectivity index (χ4n) is 1.63. The summed E-state index contributed by atoms with van der Waals surface area (Å²) in [5, 5.41) is 0. The summed E-state index contributed by atoms with van der Waals surface area (Å²) in [5.74, 6) is 0. The topological polar surface area (TPSA) is 12.5 Å². The normalized spacial score (nSPS) is 30.5. The van der Waals surface area contributed by atoms with E-state index in [0.717, 1.165) is 6.04 Å². The summed E-state index contributed by atoms with van der Waals surface area (Å²) >= 11 is 0. The number of hydrogen-bond acceptors (Lipinski definition) is 2. The maximum absolute atomic E-state index is 5.22. The van der Waals surface area contributed by atoms with Crippen LogP contribution in [0.15, 0.2) is 0 Å². The highest BCUT2D eigenvalue weighted by Gasteiger charge is 2.31. The van der Waals surface area contributed by atoms with Gasteiger partial charge in [-0.3, -0.25) is 0 Å². The number of nitrogens with zero attached hydrogens (tertiary/aromatic N) is 1. The quantitative estimate of drug-likeness (QED) is 0.613. The van der Waals surface area contributed by atoms with Gasteiger partial charge in [0.1, 0.15) is 0 Å². The van der Waals surface area contributed by atoms with E-state index in [0.29, 0.717) is 6.10 Å². The van der Waals surface area contributed by atoms with Crippen molar-refractivity contribution in [3.8, 4) is 0 Å². The molecule has 0 aromatic heterocycles. The molecule has 0 spiro atoms. The van der Waals surface area contributed by atoms with Crippen LogP contribution in [0.25, 0.3) is 0 Å². The van der Waals surface area contributed by atoms with Gasteiger partial charge in [0.15, 0.2) is 0 Å². The van der Waals surface area contributed by atoms with Crippen molar-refractivity contribution in [3.05, 3.63) is 0 Å². The van der Waals surface area contributed by atoms with Crippen LogP contribution >= 0.6 is 0 Å². The standard InChI is InChI=1S/C9H19NO/c1-4-5-10(2)8-6-9(7-8)11-3/h8-9H,4-7H2,1-3H3/t8-,9-. The largest absolute Gasteiger partial charge is 0.381 e. The molecule has 66 valence electrons. The van der Waals surface area contributed by atoms with Crippen molar-refractivity contribution in [2.45, 2.75) is 38.3 Å². The van der Waals surface area contributed by atoms with Crippen molar-refractivity contribution in [2.24, 2.45) is 0 Å². The molecule has 0 heterocycles. The van der Waals surface area contributed by atoms with Gasteiger partial charge < -0.3 is 9.64 Å². The Kier molecular flexibility index (Phi) is 3.34. The van der Waals surface area contributed by atoms with Crippen LogP contribution in [0.4, 0.5) is 0 Å². The number of rotatable bonds is 4. The van der Waals surface area contributed by atoms with E-state index in [1.54, 1.807) is 7.11 Å². The molecule has 1 aliphatic rings. The summed E-state index contributed by atoms with van der Waals surface area (Å²) in [6.07, 6.45) is 4.25. The van der Waals surface area contributed by atoms with Gasteiger partial charge in [0.05, 0.1) is 6.10 Å². The lowest BCUT2D eigenvalue weighted by atomic mass is 9.88. The van der Waals surface area contributed by atoms with E-state index in [4.69, 9.17) is 4.74 Å². The van der Waals surface area contributed by atoms with Crippen LogP contribution < -0.4 is 0 Å². The molecule has 11 heavy (non-hydrogen) atoms. The van der Waals surface area contributed by atoms with Gasteiger partial charge in [-0.1, -0.05) is 6.92 Å². The first kappa shape index (κ1) is 9.01. The molecule has 0 aromatic carbocycles. The van der Waals surface area contributed by atoms with Crippen LogP contribution in [0.3, 0.4) is 0 Å². The molecule has 2 heteroatoms. The minimum Gasteiger partial charge on any atom is -0.381 e. The van der Waals surface area contributed by atoms with E-state index in [1.165, 1.54) is 25.8 Å². The van der Waals surface area contributed by atoms with Crippen LogP contribution in [0, 0.1) is 0 Å². The van der Waals surface area contributed by atoms with Gasteiger partial charge in [0.2, 0.25) is 0 Å². The third-order valence-electron chi connectivity index (χ3n) is 2.60. The molecular formula is C9H19NO. The Bertz CT molecular complexity index is 110. The Morgan fingerprint density at radius 3 is 2.55 bits per heavy atom. The molecule has 1 saturated carbocycles. The van der Waals surface area contributed by atoms with Crippen LogP contribution in [-0.4, -0.2) is 37.7 Å². The maximum atomic E-state index is 5.22. The lowest BCUT2D eigenvalue weighted by Crippen LogP contribution is -2.46. The van der Waals surface area contributed by atoms with Crippen molar-refractivity contribution in [3.63, 3.8) is 0 Å². The molecule has 0 bridgehead atoms. The summed E-state index contributed by atoms with van der Waals surface area (Å²) < 4.78 is 5.22. The second-order valence-electron chi connectivity index (χ2n) is 3.46. The third-order valence-corrected chi connectivity index (χ3v) is 2.60. The molecule has 1 rings (SSSR count). The molecule has 0 radical (unpaired) electrons. The Morgan fingerprint density at radius 2 is 2.09 bits per heavy atom. The predicted molar refractivity (Wildman–Crippen MR) is 46.7 cm³/mol. The zero-order valence-electron chi connectivity index (χ0n) is 7.84. The minimum absolute atomic E-state index is 0.541. The summed E-state index contributed by atoms with van der Waals surface area (Å²) in [6, 6.07) is 0.792. The van der Waals surface area contributed by atoms with Crippen LogP contribution in [-0.2, 0) is 4.74 Å². The SMILES string of the molecule is CCCN(C)[C@H]1C[C@H](OC)C1. The van der Waals surface area contributed by atoms with Gasteiger partial charge in [-0.25, -0.2) is 0 Å². The molecule has 2 nitrogen and oxygen atoms in total. The molecule has 0 unspecified atom stereocenters. The second kappa shape index (κ2) is 4.07. The van der Waals surface area contributed by atoms with Crippen molar-refractivity contribution in [1.82, 2.24) is 4.90 Å². The lowest BCUT2D eigenvalue weighted by molar-refractivity contribution is -0.0192. The molecule has 1 aliphatic carbocycles. The Morgan fingerprint density at radius 1 is 1.45 bits per heavy atom. The monoisotopic (exact) mass is 157 g/mol. The molecule has 0 atom stereocenters. The van der Waals surface area contributed by atoms with Gasteiger partial charge in [-0.15, -0.1) is 0 Å². The smallest absolute Gasteiger partial charge is 0.0601 e. The van der Waals surface area contributed by atoms with Crippen LogP contribution in [0.1, 0.15) is 26.2 Å². The zero-order chi connectivity index (χ0) is 8.27. The molecule has 0 amide bonds. The molecular weight excluding hydrogens is 138 g/mol. The maximum Gasteiger partial charge on any atom is 0.0601 e. The van der Waals surface area contributed by atoms with Crippen molar-refractivity contribution >= 4 is 0 Å². The highest BCUT2D eigenvalue weighted by molar-refractivity contribution is 4.86. The molecule has 0 saturated heterocycles. The fourth-order valence-corrected chi connectivity index (χ4v) is 1.63. The van der Waals surface area contributed by atoms with Crippen molar-refractivity contribution in [2.75, 3.05) is 20.7 Å². The van der Waals surface area contributed by atoms with E-state index in [1.807, 2.05) is 0 Å². The Labute approximate surface area is 69.5 Å². The Balaban J connectivity index is 2.10. The van der Waals surface area contributed by atoms with E-state index in [-0.39, 0.29) is 0 Å². The van der Waals surface area contributed by atoms with Gasteiger partial charge in [0.25, 0.3) is 0 Å². The first-order chi connectivity index (χ1) is 5.27. The van der Waals surface area contributed by atoms with Crippen molar-refractivity contribution in [1.29, 1.82) is 0 Å². The number of methoxy groups -OCH3 is 1. The fraction of sp³-hybridized carbons (Fsp3) is 1.00. The second-order valence-corrected chi connectivity index (χ2v) is 3.46. The van der Waals surface area contributed by atoms with Gasteiger partial charge in [-0.2, -0.15) is 0 Å². The summed E-state index contributed by atoms with van der Waals surface area (Å²) in [5.41, 5.74) is 0. The minimum atomic E-state index is 0.541. The highest BCUT2D eigenvalue weighted by atomic mass is 16.5. The van der Waals surface area contributed by atoms with E-state index in [2.05, 4.69) is 18.9 Å². The summed E-state index contributed by atoms with van der Waals surface area (Å²) in [6.45, 7) is 3.45. The van der Waals surface area contributed by atoms with Crippen LogP contribution in [0.5, 0.6) is 0 Å². The summed E-state index contributed by atoms with van der Waals surface area (Å²) in [4.78, 5) is 2.44. The molecule has 0 aromatic rings. The van der Waals surface area contributed by atoms with E-state index in [9.17, 15) is 0 Å². The number of ether oxygens (including phenoxy) is 1. The first-order valence-corrected chi connectivity index (χ1v) is 4.51. The van der Waals surface area contributed by atoms with Gasteiger partial charge in [-0.05, 0) is 32.9 Å². The van der Waals surface area contributed by atoms with Gasteiger partial charge in [0, 0.05) is 13.2 Å². The zero-order valence-corrected chi connectivity index (χ0v) is 7.84. The average molecular weight is 157 g/mol. The first-order valence-electron chi connectivity index (χ1n) is 4.51. The van der Waals surface area contributed by atoms with E-state index >= 15 is 0 Å². The third kappa shape index (κ3) is 2.17. The summed E-state index contributed by atoms with van der Waals surface area (Å²) in [7, 11) is 4.01.